The lowest BCUT2D eigenvalue weighted by molar-refractivity contribution is -0.383. The Labute approximate surface area is 116 Å². The Hall–Kier alpha value is -1.70. The van der Waals surface area contributed by atoms with Gasteiger partial charge in [-0.05, 0) is 28.7 Å². The summed E-state index contributed by atoms with van der Waals surface area (Å²) >= 11 is 1.98. The number of fused-ring (bicyclic) bond motifs is 1. The fourth-order valence-corrected chi connectivity index (χ4v) is 2.50. The largest absolute Gasteiger partial charge is 0.325 e. The molecule has 0 aliphatic heterocycles. The second-order valence-electron chi connectivity index (χ2n) is 3.74. The molecule has 92 valence electrons. The quantitative estimate of drug-likeness (QED) is 0.510. The summed E-state index contributed by atoms with van der Waals surface area (Å²) in [7, 11) is 0. The summed E-state index contributed by atoms with van der Waals surface area (Å²) in [6.45, 7) is 1.41. The summed E-state index contributed by atoms with van der Waals surface area (Å²) in [5, 5.41) is 14.9. The van der Waals surface area contributed by atoms with E-state index in [9.17, 15) is 14.9 Å². The molecule has 5 nitrogen and oxygen atoms in total. The zero-order chi connectivity index (χ0) is 13.3. The summed E-state index contributed by atoms with van der Waals surface area (Å²) in [6.07, 6.45) is 0. The number of benzene rings is 2. The number of carbonyl (C=O) groups is 1. The van der Waals surface area contributed by atoms with Gasteiger partial charge in [0.2, 0.25) is 5.91 Å². The lowest BCUT2D eigenvalue weighted by Crippen LogP contribution is -2.08. The van der Waals surface area contributed by atoms with E-state index in [-0.39, 0.29) is 11.6 Å². The third-order valence-electron chi connectivity index (χ3n) is 2.47. The highest BCUT2D eigenvalue weighted by molar-refractivity contribution is 14.1. The van der Waals surface area contributed by atoms with E-state index in [1.807, 2.05) is 22.6 Å². The topological polar surface area (TPSA) is 72.2 Å². The number of hydrogen-bond acceptors (Lipinski definition) is 3. The molecule has 0 saturated heterocycles. The Balaban J connectivity index is 2.81. The fourth-order valence-electron chi connectivity index (χ4n) is 1.78. The average molecular weight is 356 g/mol. The maximum Gasteiger partial charge on any atom is 0.278 e. The highest BCUT2D eigenvalue weighted by atomic mass is 127. The fraction of sp³-hybridized carbons (Fsp3) is 0.0833. The van der Waals surface area contributed by atoms with E-state index in [0.717, 1.165) is 0 Å². The number of nitrogens with zero attached hydrogens (tertiary/aromatic N) is 1. The monoisotopic (exact) mass is 356 g/mol. The number of non-ortho nitro benzene ring substituents is 1. The van der Waals surface area contributed by atoms with Gasteiger partial charge in [-0.2, -0.15) is 0 Å². The highest BCUT2D eigenvalue weighted by Gasteiger charge is 2.17. The normalized spacial score (nSPS) is 10.3. The summed E-state index contributed by atoms with van der Waals surface area (Å²) in [5.41, 5.74) is 0.661. The van der Waals surface area contributed by atoms with Crippen LogP contribution in [0.1, 0.15) is 6.92 Å². The summed E-state index contributed by atoms with van der Waals surface area (Å²) in [5.74, 6) is -0.202. The molecule has 0 aromatic heterocycles. The minimum absolute atomic E-state index is 0.0455. The molecule has 0 saturated carbocycles. The van der Waals surface area contributed by atoms with Crippen LogP contribution in [0.5, 0.6) is 0 Å². The molecule has 0 radical (unpaired) electrons. The number of halogens is 1. The van der Waals surface area contributed by atoms with Crippen LogP contribution in [-0.4, -0.2) is 10.8 Å². The molecule has 0 unspecified atom stereocenters. The van der Waals surface area contributed by atoms with Gasteiger partial charge in [0.15, 0.2) is 0 Å². The van der Waals surface area contributed by atoms with E-state index >= 15 is 0 Å². The van der Waals surface area contributed by atoms with Crippen molar-refractivity contribution < 1.29 is 9.72 Å². The van der Waals surface area contributed by atoms with Crippen LogP contribution in [0.3, 0.4) is 0 Å². The van der Waals surface area contributed by atoms with E-state index in [1.165, 1.54) is 13.0 Å². The van der Waals surface area contributed by atoms with E-state index in [4.69, 9.17) is 0 Å². The summed E-state index contributed by atoms with van der Waals surface area (Å²) < 4.78 is 0.646. The Bertz CT molecular complexity index is 655. The molecule has 0 aliphatic carbocycles. The van der Waals surface area contributed by atoms with Crippen molar-refractivity contribution in [1.82, 2.24) is 0 Å². The van der Waals surface area contributed by atoms with Crippen LogP contribution in [0.25, 0.3) is 10.8 Å². The lowest BCUT2D eigenvalue weighted by Gasteiger charge is -2.10. The van der Waals surface area contributed by atoms with E-state index < -0.39 is 4.92 Å². The van der Waals surface area contributed by atoms with Gasteiger partial charge in [0.1, 0.15) is 0 Å². The molecule has 0 bridgehead atoms. The number of nitrogens with one attached hydrogen (secondary N) is 1. The third-order valence-corrected chi connectivity index (χ3v) is 3.32. The summed E-state index contributed by atoms with van der Waals surface area (Å²) in [6, 6.07) is 8.42. The second kappa shape index (κ2) is 4.89. The smallest absolute Gasteiger partial charge is 0.278 e. The second-order valence-corrected chi connectivity index (χ2v) is 4.90. The van der Waals surface area contributed by atoms with Gasteiger partial charge in [-0.15, -0.1) is 0 Å². The van der Waals surface area contributed by atoms with Gasteiger partial charge in [0, 0.05) is 21.9 Å². The maximum atomic E-state index is 11.2. The molecule has 0 spiro atoms. The van der Waals surface area contributed by atoms with Crippen molar-refractivity contribution in [3.63, 3.8) is 0 Å². The molecule has 0 fully saturated rings. The Morgan fingerprint density at radius 1 is 1.33 bits per heavy atom. The predicted molar refractivity (Wildman–Crippen MR) is 77.6 cm³/mol. The molecular weight excluding hydrogens is 347 g/mol. The molecule has 2 rings (SSSR count). The molecule has 0 aliphatic rings. The first-order valence-electron chi connectivity index (χ1n) is 5.14. The zero-order valence-electron chi connectivity index (χ0n) is 9.44. The van der Waals surface area contributed by atoms with Crippen molar-refractivity contribution in [2.45, 2.75) is 6.92 Å². The van der Waals surface area contributed by atoms with E-state index in [1.54, 1.807) is 24.3 Å². The Morgan fingerprint density at radius 3 is 2.50 bits per heavy atom. The minimum Gasteiger partial charge on any atom is -0.325 e. The van der Waals surface area contributed by atoms with Gasteiger partial charge in [0.05, 0.1) is 16.0 Å². The van der Waals surface area contributed by atoms with Crippen LogP contribution in [-0.2, 0) is 4.79 Å². The predicted octanol–water partition coefficient (Wildman–Crippen LogP) is 3.31. The van der Waals surface area contributed by atoms with Gasteiger partial charge >= 0.3 is 0 Å². The number of carbonyl (C=O) groups excluding carboxylic acids is 1. The molecule has 1 amide bonds. The highest BCUT2D eigenvalue weighted by Crippen LogP contribution is 2.35. The first-order chi connectivity index (χ1) is 8.50. The Kier molecular flexibility index (Phi) is 3.46. The number of anilines is 1. The third kappa shape index (κ3) is 2.28. The molecule has 18 heavy (non-hydrogen) atoms. The van der Waals surface area contributed by atoms with Crippen LogP contribution in [0, 0.1) is 13.7 Å². The van der Waals surface area contributed by atoms with E-state index in [2.05, 4.69) is 5.32 Å². The zero-order valence-corrected chi connectivity index (χ0v) is 11.6. The molecule has 0 atom stereocenters. The Morgan fingerprint density at radius 2 is 1.94 bits per heavy atom. The molecular formula is C12H9IN2O3. The van der Waals surface area contributed by atoms with Gasteiger partial charge in [-0.1, -0.05) is 18.2 Å². The van der Waals surface area contributed by atoms with Crippen LogP contribution < -0.4 is 5.32 Å². The van der Waals surface area contributed by atoms with Gasteiger partial charge in [-0.3, -0.25) is 14.9 Å². The van der Waals surface area contributed by atoms with Crippen molar-refractivity contribution in [3.8, 4) is 0 Å². The van der Waals surface area contributed by atoms with Gasteiger partial charge < -0.3 is 5.32 Å². The minimum atomic E-state index is -0.415. The van der Waals surface area contributed by atoms with Crippen molar-refractivity contribution in [1.29, 1.82) is 0 Å². The molecule has 2 aromatic rings. The summed E-state index contributed by atoms with van der Waals surface area (Å²) in [4.78, 5) is 21.8. The molecule has 2 aromatic carbocycles. The lowest BCUT2D eigenvalue weighted by atomic mass is 10.1. The van der Waals surface area contributed by atoms with Crippen molar-refractivity contribution in [2.24, 2.45) is 0 Å². The van der Waals surface area contributed by atoms with Gasteiger partial charge in [-0.25, -0.2) is 0 Å². The maximum absolute atomic E-state index is 11.2. The van der Waals surface area contributed by atoms with Crippen molar-refractivity contribution in [3.05, 3.63) is 44.0 Å². The van der Waals surface area contributed by atoms with Gasteiger partial charge in [0.25, 0.3) is 5.69 Å². The number of rotatable bonds is 2. The average Bonchev–Trinajstić information content (AvgIpc) is 2.31. The van der Waals surface area contributed by atoms with Crippen molar-refractivity contribution in [2.75, 3.05) is 5.32 Å². The molecule has 0 heterocycles. The number of amides is 1. The molecule has 1 N–H and O–H groups in total. The van der Waals surface area contributed by atoms with Crippen LogP contribution in [0.2, 0.25) is 0 Å². The first-order valence-corrected chi connectivity index (χ1v) is 6.22. The van der Waals surface area contributed by atoms with E-state index in [0.29, 0.717) is 20.0 Å². The van der Waals surface area contributed by atoms with Crippen LogP contribution >= 0.6 is 22.6 Å². The SMILES string of the molecule is CC(=O)Nc1c(I)cc([N+](=O)[O-])c2ccccc12. The number of nitro groups is 1. The standard InChI is InChI=1S/C12H9IN2O3/c1-7(16)14-12-9-5-3-2-4-8(9)11(15(17)18)6-10(12)13/h2-6H,1H3,(H,14,16). The molecule has 6 heteroatoms. The number of hydrogen-bond donors (Lipinski definition) is 1. The van der Waals surface area contributed by atoms with Crippen molar-refractivity contribution >= 4 is 50.6 Å². The van der Waals surface area contributed by atoms with Crippen LogP contribution in [0.4, 0.5) is 11.4 Å². The first kappa shape index (κ1) is 12.7. The number of nitro benzene ring substituents is 1. The van der Waals surface area contributed by atoms with Crippen LogP contribution in [0.15, 0.2) is 30.3 Å².